The van der Waals surface area contributed by atoms with E-state index in [9.17, 15) is 8.42 Å². The van der Waals surface area contributed by atoms with Crippen molar-refractivity contribution in [2.75, 3.05) is 12.8 Å². The maximum atomic E-state index is 12.0. The van der Waals surface area contributed by atoms with Crippen LogP contribution in [0.5, 0.6) is 0 Å². The third-order valence-corrected chi connectivity index (χ3v) is 5.98. The fourth-order valence-corrected chi connectivity index (χ4v) is 3.96. The minimum Gasteiger partial charge on any atom is -0.332 e. The zero-order valence-electron chi connectivity index (χ0n) is 9.99. The Morgan fingerprint density at radius 3 is 2.71 bits per heavy atom. The number of sulfonamides is 1. The van der Waals surface area contributed by atoms with E-state index in [1.165, 1.54) is 12.6 Å². The van der Waals surface area contributed by atoms with Gasteiger partial charge in [-0.15, -0.1) is 0 Å². The van der Waals surface area contributed by atoms with Crippen molar-refractivity contribution in [3.63, 3.8) is 0 Å². The fraction of sp³-hybridized carbons (Fsp3) is 0.700. The lowest BCUT2D eigenvalue weighted by Crippen LogP contribution is -2.45. The predicted molar refractivity (Wildman–Crippen MR) is 68.6 cm³/mol. The molecule has 5 nitrogen and oxygen atoms in total. The van der Waals surface area contributed by atoms with E-state index < -0.39 is 10.0 Å². The number of aryl methyl sites for hydroxylation is 1. The van der Waals surface area contributed by atoms with Gasteiger partial charge in [-0.3, -0.25) is 0 Å². The Morgan fingerprint density at radius 2 is 2.29 bits per heavy atom. The summed E-state index contributed by atoms with van der Waals surface area (Å²) in [7, 11) is -3.44. The molecule has 1 aliphatic carbocycles. The van der Waals surface area contributed by atoms with Gasteiger partial charge in [0.2, 0.25) is 0 Å². The van der Waals surface area contributed by atoms with Crippen LogP contribution in [0.4, 0.5) is 0 Å². The van der Waals surface area contributed by atoms with Crippen LogP contribution in [0.2, 0.25) is 0 Å². The normalized spacial score (nSPS) is 18.9. The summed E-state index contributed by atoms with van der Waals surface area (Å²) in [6.45, 7) is 2.23. The van der Waals surface area contributed by atoms with Gasteiger partial charge in [-0.1, -0.05) is 6.42 Å². The smallest absolute Gasteiger partial charge is 0.257 e. The largest absolute Gasteiger partial charge is 0.332 e. The predicted octanol–water partition coefficient (Wildman–Crippen LogP) is 1.28. The van der Waals surface area contributed by atoms with Crippen LogP contribution in [0.3, 0.4) is 0 Å². The maximum Gasteiger partial charge on any atom is 0.257 e. The average Bonchev–Trinajstić information content (AvgIpc) is 2.64. The molecule has 1 aromatic rings. The first-order chi connectivity index (χ1) is 7.97. The standard InChI is InChI=1S/C10H17N3O2S2/c1-8-11-6-9(13-8)17(14,15)12-7-10(16-2)4-3-5-10/h6,12H,3-5,7H2,1-2H3,(H,11,13). The van der Waals surface area contributed by atoms with Gasteiger partial charge >= 0.3 is 0 Å². The minimum atomic E-state index is -3.44. The molecule has 1 aromatic heterocycles. The Kier molecular flexibility index (Phi) is 3.51. The van der Waals surface area contributed by atoms with E-state index in [0.29, 0.717) is 12.4 Å². The number of aromatic amines is 1. The summed E-state index contributed by atoms with van der Waals surface area (Å²) in [4.78, 5) is 6.64. The highest BCUT2D eigenvalue weighted by molar-refractivity contribution is 8.00. The van der Waals surface area contributed by atoms with Crippen molar-refractivity contribution < 1.29 is 8.42 Å². The number of hydrogen-bond acceptors (Lipinski definition) is 4. The lowest BCUT2D eigenvalue weighted by Gasteiger charge is -2.40. The van der Waals surface area contributed by atoms with Crippen LogP contribution in [0, 0.1) is 6.92 Å². The fourth-order valence-electron chi connectivity index (χ4n) is 1.86. The van der Waals surface area contributed by atoms with Crippen molar-refractivity contribution in [1.29, 1.82) is 0 Å². The van der Waals surface area contributed by atoms with Crippen LogP contribution < -0.4 is 4.72 Å². The Balaban J connectivity index is 2.03. The molecule has 0 amide bonds. The molecule has 0 saturated heterocycles. The first kappa shape index (κ1) is 12.9. The molecule has 0 radical (unpaired) electrons. The van der Waals surface area contributed by atoms with Crippen molar-refractivity contribution in [2.24, 2.45) is 0 Å². The molecule has 1 heterocycles. The molecule has 17 heavy (non-hydrogen) atoms. The first-order valence-electron chi connectivity index (χ1n) is 5.54. The molecule has 0 unspecified atom stereocenters. The Hall–Kier alpha value is -0.530. The first-order valence-corrected chi connectivity index (χ1v) is 8.25. The van der Waals surface area contributed by atoms with Gasteiger partial charge in [0, 0.05) is 11.3 Å². The molecule has 0 aliphatic heterocycles. The van der Waals surface area contributed by atoms with Crippen molar-refractivity contribution in [1.82, 2.24) is 14.7 Å². The van der Waals surface area contributed by atoms with Crippen LogP contribution in [0.15, 0.2) is 11.2 Å². The van der Waals surface area contributed by atoms with E-state index in [0.717, 1.165) is 12.8 Å². The molecule has 0 bridgehead atoms. The molecular formula is C10H17N3O2S2. The number of aromatic nitrogens is 2. The molecule has 2 N–H and O–H groups in total. The summed E-state index contributed by atoms with van der Waals surface area (Å²) >= 11 is 1.75. The number of nitrogens with one attached hydrogen (secondary N) is 2. The lowest BCUT2D eigenvalue weighted by atomic mass is 9.84. The number of imidazole rings is 1. The number of nitrogens with zero attached hydrogens (tertiary/aromatic N) is 1. The summed E-state index contributed by atoms with van der Waals surface area (Å²) in [5.41, 5.74) is 0. The van der Waals surface area contributed by atoms with E-state index in [1.807, 2.05) is 6.26 Å². The number of thioether (sulfide) groups is 1. The van der Waals surface area contributed by atoms with Gasteiger partial charge in [0.25, 0.3) is 10.0 Å². The van der Waals surface area contributed by atoms with Crippen LogP contribution in [0.25, 0.3) is 0 Å². The molecular weight excluding hydrogens is 258 g/mol. The molecule has 1 saturated carbocycles. The Labute approximate surface area is 106 Å². The van der Waals surface area contributed by atoms with Crippen LogP contribution >= 0.6 is 11.8 Å². The average molecular weight is 275 g/mol. The van der Waals surface area contributed by atoms with Gasteiger partial charge in [-0.25, -0.2) is 18.1 Å². The third-order valence-electron chi connectivity index (χ3n) is 3.25. The minimum absolute atomic E-state index is 0.0993. The Bertz CT molecular complexity index is 486. The topological polar surface area (TPSA) is 74.8 Å². The lowest BCUT2D eigenvalue weighted by molar-refractivity contribution is 0.361. The van der Waals surface area contributed by atoms with E-state index >= 15 is 0 Å². The Morgan fingerprint density at radius 1 is 1.59 bits per heavy atom. The molecule has 1 aliphatic rings. The zero-order chi connectivity index (χ0) is 12.5. The second-order valence-electron chi connectivity index (χ2n) is 4.40. The van der Waals surface area contributed by atoms with E-state index in [-0.39, 0.29) is 9.77 Å². The third kappa shape index (κ3) is 2.66. The molecule has 2 rings (SSSR count). The van der Waals surface area contributed by atoms with Gasteiger partial charge in [0.1, 0.15) is 5.82 Å². The summed E-state index contributed by atoms with van der Waals surface area (Å²) in [6, 6.07) is 0. The van der Waals surface area contributed by atoms with Crippen molar-refractivity contribution in [3.8, 4) is 0 Å². The molecule has 0 aromatic carbocycles. The summed E-state index contributed by atoms with van der Waals surface area (Å²) in [5, 5.41) is 0.144. The second-order valence-corrected chi connectivity index (χ2v) is 7.41. The molecule has 0 spiro atoms. The quantitative estimate of drug-likeness (QED) is 0.849. The summed E-state index contributed by atoms with van der Waals surface area (Å²) in [5.74, 6) is 0.605. The van der Waals surface area contributed by atoms with Crippen LogP contribution in [-0.2, 0) is 10.0 Å². The molecule has 0 atom stereocenters. The number of H-pyrrole nitrogens is 1. The van der Waals surface area contributed by atoms with Crippen molar-refractivity contribution in [2.45, 2.75) is 36.0 Å². The zero-order valence-corrected chi connectivity index (χ0v) is 11.6. The highest BCUT2D eigenvalue weighted by atomic mass is 32.2. The second kappa shape index (κ2) is 4.62. The highest BCUT2D eigenvalue weighted by Gasteiger charge is 2.37. The van der Waals surface area contributed by atoms with Gasteiger partial charge in [-0.2, -0.15) is 11.8 Å². The van der Waals surface area contributed by atoms with Gasteiger partial charge < -0.3 is 4.98 Å². The highest BCUT2D eigenvalue weighted by Crippen LogP contribution is 2.42. The van der Waals surface area contributed by atoms with E-state index in [1.54, 1.807) is 18.7 Å². The monoisotopic (exact) mass is 275 g/mol. The summed E-state index contributed by atoms with van der Waals surface area (Å²) in [6.07, 6.45) is 6.74. The number of hydrogen-bond donors (Lipinski definition) is 2. The van der Waals surface area contributed by atoms with Crippen molar-refractivity contribution in [3.05, 3.63) is 12.0 Å². The van der Waals surface area contributed by atoms with Crippen LogP contribution in [0.1, 0.15) is 25.1 Å². The SMILES string of the molecule is CSC1(CNS(=O)(=O)c2cnc(C)[nH]2)CCC1. The number of rotatable bonds is 5. The van der Waals surface area contributed by atoms with Gasteiger partial charge in [-0.05, 0) is 26.0 Å². The van der Waals surface area contributed by atoms with Crippen molar-refractivity contribution >= 4 is 21.8 Å². The van der Waals surface area contributed by atoms with Gasteiger partial charge in [0.15, 0.2) is 5.03 Å². The molecule has 1 fully saturated rings. The van der Waals surface area contributed by atoms with E-state index in [2.05, 4.69) is 14.7 Å². The maximum absolute atomic E-state index is 12.0. The summed E-state index contributed by atoms with van der Waals surface area (Å²) < 4.78 is 26.7. The molecule has 96 valence electrons. The van der Waals surface area contributed by atoms with Crippen LogP contribution in [-0.4, -0.2) is 35.9 Å². The van der Waals surface area contributed by atoms with E-state index in [4.69, 9.17) is 0 Å². The van der Waals surface area contributed by atoms with Gasteiger partial charge in [0.05, 0.1) is 6.20 Å². The molecule has 7 heteroatoms.